The van der Waals surface area contributed by atoms with Gasteiger partial charge in [-0.25, -0.2) is 4.79 Å². The Morgan fingerprint density at radius 1 is 1.00 bits per heavy atom. The van der Waals surface area contributed by atoms with Crippen LogP contribution in [-0.4, -0.2) is 24.5 Å². The molecule has 1 aromatic rings. The lowest BCUT2D eigenvalue weighted by molar-refractivity contribution is -0.117. The minimum absolute atomic E-state index is 0.0826. The van der Waals surface area contributed by atoms with E-state index in [9.17, 15) is 14.9 Å². The molecule has 32 heavy (non-hydrogen) atoms. The second-order valence-electron chi connectivity index (χ2n) is 8.40. The normalized spacial score (nSPS) is 16.7. The number of esters is 1. The van der Waals surface area contributed by atoms with Gasteiger partial charge in [0.15, 0.2) is 0 Å². The zero-order valence-corrected chi connectivity index (χ0v) is 19.3. The maximum atomic E-state index is 12.6. The standard InChI is InChI=1S/C26H37N3O3/c1-2-32-26(31)22-16-14-21(15-17-22)19-28-20-23(18-27)25(30)29-24-12-10-8-6-4-3-5-7-9-11-13-24/h14-17,20,24,28H,2-13,19H2,1H3,(H,29,30)/b23-20-. The van der Waals surface area contributed by atoms with Gasteiger partial charge < -0.3 is 15.4 Å². The zero-order chi connectivity index (χ0) is 23.0. The maximum Gasteiger partial charge on any atom is 0.338 e. The Balaban J connectivity index is 1.85. The molecule has 6 heteroatoms. The average Bonchev–Trinajstić information content (AvgIpc) is 2.79. The van der Waals surface area contributed by atoms with Crippen molar-refractivity contribution in [1.82, 2.24) is 10.6 Å². The highest BCUT2D eigenvalue weighted by Crippen LogP contribution is 2.17. The molecule has 0 aromatic heterocycles. The predicted octanol–water partition coefficient (Wildman–Crippen LogP) is 5.15. The van der Waals surface area contributed by atoms with Gasteiger partial charge in [-0.2, -0.15) is 5.26 Å². The van der Waals surface area contributed by atoms with E-state index >= 15 is 0 Å². The summed E-state index contributed by atoms with van der Waals surface area (Å²) >= 11 is 0. The first-order valence-corrected chi connectivity index (χ1v) is 12.0. The van der Waals surface area contributed by atoms with Crippen LogP contribution in [0.5, 0.6) is 0 Å². The Kier molecular flexibility index (Phi) is 12.0. The number of hydrogen-bond donors (Lipinski definition) is 2. The highest BCUT2D eigenvalue weighted by atomic mass is 16.5. The topological polar surface area (TPSA) is 91.2 Å². The molecule has 2 N–H and O–H groups in total. The van der Waals surface area contributed by atoms with Gasteiger partial charge >= 0.3 is 5.97 Å². The van der Waals surface area contributed by atoms with Crippen molar-refractivity contribution in [3.63, 3.8) is 0 Å². The van der Waals surface area contributed by atoms with Crippen molar-refractivity contribution in [2.45, 2.75) is 90.1 Å². The summed E-state index contributed by atoms with van der Waals surface area (Å²) in [6, 6.07) is 9.21. The Hall–Kier alpha value is -2.81. The number of carbonyl (C=O) groups excluding carboxylic acids is 2. The lowest BCUT2D eigenvalue weighted by Crippen LogP contribution is -2.36. The van der Waals surface area contributed by atoms with Crippen molar-refractivity contribution in [2.75, 3.05) is 6.61 Å². The fraction of sp³-hybridized carbons (Fsp3) is 0.577. The molecule has 0 aliphatic heterocycles. The van der Waals surface area contributed by atoms with Gasteiger partial charge in [0, 0.05) is 18.8 Å². The molecule has 0 unspecified atom stereocenters. The van der Waals surface area contributed by atoms with E-state index in [1.54, 1.807) is 19.1 Å². The Morgan fingerprint density at radius 3 is 2.09 bits per heavy atom. The van der Waals surface area contributed by atoms with E-state index in [0.717, 1.165) is 31.2 Å². The molecule has 0 heterocycles. The number of amides is 1. The van der Waals surface area contributed by atoms with E-state index in [4.69, 9.17) is 4.74 Å². The molecular weight excluding hydrogens is 402 g/mol. The van der Waals surface area contributed by atoms with Gasteiger partial charge in [0.25, 0.3) is 5.91 Å². The molecule has 0 saturated heterocycles. The minimum atomic E-state index is -0.345. The Labute approximate surface area is 192 Å². The Bertz CT molecular complexity index is 769. The summed E-state index contributed by atoms with van der Waals surface area (Å²) in [5.41, 5.74) is 1.52. The van der Waals surface area contributed by atoms with Crippen LogP contribution in [0.15, 0.2) is 36.0 Å². The molecule has 0 radical (unpaired) electrons. The van der Waals surface area contributed by atoms with Crippen LogP contribution in [0.4, 0.5) is 0 Å². The Morgan fingerprint density at radius 2 is 1.56 bits per heavy atom. The van der Waals surface area contributed by atoms with Crippen LogP contribution in [0.1, 0.15) is 93.5 Å². The molecular formula is C26H37N3O3. The van der Waals surface area contributed by atoms with Crippen LogP contribution in [0.3, 0.4) is 0 Å². The number of ether oxygens (including phenoxy) is 1. The van der Waals surface area contributed by atoms with Crippen LogP contribution in [0.2, 0.25) is 0 Å². The minimum Gasteiger partial charge on any atom is -0.462 e. The lowest BCUT2D eigenvalue weighted by atomic mass is 9.98. The molecule has 0 bridgehead atoms. The number of carbonyl (C=O) groups is 2. The molecule has 0 atom stereocenters. The fourth-order valence-corrected chi connectivity index (χ4v) is 3.96. The zero-order valence-electron chi connectivity index (χ0n) is 19.3. The first-order valence-electron chi connectivity index (χ1n) is 12.0. The van der Waals surface area contributed by atoms with E-state index in [1.807, 2.05) is 18.2 Å². The van der Waals surface area contributed by atoms with Crippen molar-refractivity contribution in [3.05, 3.63) is 47.2 Å². The van der Waals surface area contributed by atoms with Crippen molar-refractivity contribution < 1.29 is 14.3 Å². The summed E-state index contributed by atoms with van der Waals surface area (Å²) in [6.07, 6.45) is 14.6. The molecule has 0 spiro atoms. The van der Waals surface area contributed by atoms with E-state index in [-0.39, 0.29) is 23.5 Å². The summed E-state index contributed by atoms with van der Waals surface area (Å²) in [5, 5.41) is 15.6. The van der Waals surface area contributed by atoms with Crippen molar-refractivity contribution >= 4 is 11.9 Å². The summed E-state index contributed by atoms with van der Waals surface area (Å²) in [5.74, 6) is -0.656. The maximum absolute atomic E-state index is 12.6. The second kappa shape index (κ2) is 15.1. The second-order valence-corrected chi connectivity index (χ2v) is 8.40. The van der Waals surface area contributed by atoms with Crippen LogP contribution >= 0.6 is 0 Å². The molecule has 1 aliphatic rings. The number of nitrogens with zero attached hydrogens (tertiary/aromatic N) is 1. The van der Waals surface area contributed by atoms with Gasteiger partial charge in [0.05, 0.1) is 12.2 Å². The largest absolute Gasteiger partial charge is 0.462 e. The monoisotopic (exact) mass is 439 g/mol. The molecule has 1 amide bonds. The quantitative estimate of drug-likeness (QED) is 0.348. The first kappa shape index (κ1) is 25.5. The van der Waals surface area contributed by atoms with E-state index < -0.39 is 0 Å². The van der Waals surface area contributed by atoms with Gasteiger partial charge in [0.2, 0.25) is 0 Å². The van der Waals surface area contributed by atoms with Crippen molar-refractivity contribution in [2.24, 2.45) is 0 Å². The molecule has 1 fully saturated rings. The highest BCUT2D eigenvalue weighted by Gasteiger charge is 2.16. The highest BCUT2D eigenvalue weighted by molar-refractivity contribution is 5.97. The van der Waals surface area contributed by atoms with Gasteiger partial charge in [-0.15, -0.1) is 0 Å². The molecule has 2 rings (SSSR count). The van der Waals surface area contributed by atoms with Crippen LogP contribution in [0, 0.1) is 11.3 Å². The lowest BCUT2D eigenvalue weighted by Gasteiger charge is -2.19. The summed E-state index contributed by atoms with van der Waals surface area (Å²) < 4.78 is 4.98. The molecule has 1 saturated carbocycles. The SMILES string of the molecule is CCOC(=O)c1ccc(CN/C=C(/C#N)C(=O)NC2CCCCCCCCCCC2)cc1. The summed E-state index contributed by atoms with van der Waals surface area (Å²) in [4.78, 5) is 24.4. The average molecular weight is 440 g/mol. The third-order valence-electron chi connectivity index (χ3n) is 5.82. The molecule has 174 valence electrons. The van der Waals surface area contributed by atoms with Crippen molar-refractivity contribution in [3.8, 4) is 6.07 Å². The molecule has 6 nitrogen and oxygen atoms in total. The molecule has 1 aliphatic carbocycles. The van der Waals surface area contributed by atoms with Crippen LogP contribution in [-0.2, 0) is 16.1 Å². The van der Waals surface area contributed by atoms with Gasteiger partial charge in [-0.1, -0.05) is 69.9 Å². The number of nitriles is 1. The van der Waals surface area contributed by atoms with E-state index in [0.29, 0.717) is 18.7 Å². The van der Waals surface area contributed by atoms with E-state index in [1.165, 1.54) is 51.1 Å². The molecule has 1 aromatic carbocycles. The predicted molar refractivity (Wildman–Crippen MR) is 126 cm³/mol. The smallest absolute Gasteiger partial charge is 0.338 e. The summed E-state index contributed by atoms with van der Waals surface area (Å²) in [6.45, 7) is 2.56. The van der Waals surface area contributed by atoms with Gasteiger partial charge in [-0.05, 0) is 37.5 Å². The third-order valence-corrected chi connectivity index (χ3v) is 5.82. The number of rotatable bonds is 7. The van der Waals surface area contributed by atoms with Crippen molar-refractivity contribution in [1.29, 1.82) is 5.26 Å². The van der Waals surface area contributed by atoms with Crippen LogP contribution < -0.4 is 10.6 Å². The third kappa shape index (κ3) is 9.55. The summed E-state index contributed by atoms with van der Waals surface area (Å²) in [7, 11) is 0. The number of benzene rings is 1. The van der Waals surface area contributed by atoms with Gasteiger partial charge in [0.1, 0.15) is 11.6 Å². The van der Waals surface area contributed by atoms with E-state index in [2.05, 4.69) is 10.6 Å². The van der Waals surface area contributed by atoms with Crippen LogP contribution in [0.25, 0.3) is 0 Å². The number of nitrogens with one attached hydrogen (secondary N) is 2. The fourth-order valence-electron chi connectivity index (χ4n) is 3.96. The number of hydrogen-bond acceptors (Lipinski definition) is 5. The first-order chi connectivity index (χ1) is 15.6. The van der Waals surface area contributed by atoms with Gasteiger partial charge in [-0.3, -0.25) is 4.79 Å².